The Bertz CT molecular complexity index is 2420. The monoisotopic (exact) mass is 1330 g/mol. The first-order valence-electron chi connectivity index (χ1n) is 38.6. The van der Waals surface area contributed by atoms with Crippen molar-refractivity contribution in [1.29, 1.82) is 0 Å². The van der Waals surface area contributed by atoms with Crippen molar-refractivity contribution in [2.75, 3.05) is 125 Å². The number of amides is 4. The lowest BCUT2D eigenvalue weighted by atomic mass is 9.58. The van der Waals surface area contributed by atoms with Crippen molar-refractivity contribution in [2.45, 2.75) is 268 Å². The van der Waals surface area contributed by atoms with Gasteiger partial charge in [0, 0.05) is 159 Å². The molecule has 11 fully saturated rings. The number of likely N-dealkylation sites (N-methyl/N-ethyl adjacent to an activating group) is 2. The van der Waals surface area contributed by atoms with Gasteiger partial charge in [0.25, 0.3) is 0 Å². The fraction of sp³-hybridized carbons (Fsp3) is 0.944. The van der Waals surface area contributed by atoms with Crippen molar-refractivity contribution >= 4 is 23.6 Å². The molecule has 5 saturated carbocycles. The molecule has 5 aliphatic carbocycles. The van der Waals surface area contributed by atoms with Gasteiger partial charge < -0.3 is 40.1 Å². The summed E-state index contributed by atoms with van der Waals surface area (Å²) >= 11 is 0. The first kappa shape index (κ1) is 73.5. The van der Waals surface area contributed by atoms with Gasteiger partial charge in [0.2, 0.25) is 23.6 Å². The van der Waals surface area contributed by atoms with Gasteiger partial charge in [0.1, 0.15) is 0 Å². The summed E-state index contributed by atoms with van der Waals surface area (Å²) < 4.78 is 13.5. The molecule has 6 heterocycles. The zero-order valence-electron chi connectivity index (χ0n) is 60.5. The van der Waals surface area contributed by atoms with Crippen molar-refractivity contribution in [3.8, 4) is 0 Å². The van der Waals surface area contributed by atoms with E-state index in [1.165, 1.54) is 121 Å². The van der Waals surface area contributed by atoms with Crippen LogP contribution in [0.2, 0.25) is 0 Å². The van der Waals surface area contributed by atoms with E-state index in [4.69, 9.17) is 15.2 Å². The molecule has 0 radical (unpaired) electrons. The number of ether oxygens (including phenoxy) is 2. The number of piperazine rings is 2. The molecule has 23 heteroatoms. The number of primary amides is 1. The maximum absolute atomic E-state index is 14.0. The molecule has 0 spiro atoms. The quantitative estimate of drug-likeness (QED) is 0.0532. The number of nitrogens with zero attached hydrogens (tertiary/aromatic N) is 7. The van der Waals surface area contributed by atoms with Crippen LogP contribution in [0.15, 0.2) is 0 Å². The number of hydrogen-bond donors (Lipinski definition) is 10. The van der Waals surface area contributed by atoms with E-state index >= 15 is 0 Å². The molecular formula is C72H133N17O6. The van der Waals surface area contributed by atoms with E-state index in [1.807, 2.05) is 11.9 Å². The van der Waals surface area contributed by atoms with Gasteiger partial charge in [0.15, 0.2) is 0 Å². The third kappa shape index (κ3) is 19.9. The van der Waals surface area contributed by atoms with Crippen LogP contribution in [-0.4, -0.2) is 269 Å². The number of hydrazine groups is 2. The Morgan fingerprint density at radius 1 is 0.558 bits per heavy atom. The average molecular weight is 1330 g/mol. The highest BCUT2D eigenvalue weighted by atomic mass is 16.5. The van der Waals surface area contributed by atoms with Crippen molar-refractivity contribution in [3.05, 3.63) is 0 Å². The molecular weight excluding hydrogens is 1200 g/mol. The van der Waals surface area contributed by atoms with Crippen molar-refractivity contribution in [2.24, 2.45) is 46.2 Å². The van der Waals surface area contributed by atoms with Crippen LogP contribution < -0.4 is 53.9 Å². The largest absolute Gasteiger partial charge is 0.378 e. The molecule has 17 unspecified atom stereocenters. The van der Waals surface area contributed by atoms with Crippen LogP contribution in [-0.2, 0) is 28.7 Å². The highest BCUT2D eigenvalue weighted by Gasteiger charge is 2.52. The maximum atomic E-state index is 14.0. The lowest BCUT2D eigenvalue weighted by Gasteiger charge is -2.52. The van der Waals surface area contributed by atoms with Crippen LogP contribution in [0.1, 0.15) is 183 Å². The van der Waals surface area contributed by atoms with Gasteiger partial charge in [-0.05, 0) is 170 Å². The minimum atomic E-state index is -0.598. The number of rotatable bonds is 27. The summed E-state index contributed by atoms with van der Waals surface area (Å²) in [5.41, 5.74) is 12.4. The Kier molecular flexibility index (Phi) is 26.2. The van der Waals surface area contributed by atoms with Gasteiger partial charge in [-0.15, -0.1) is 0 Å². The average Bonchev–Trinajstić information content (AvgIpc) is 1.71. The van der Waals surface area contributed by atoms with Gasteiger partial charge in [0.05, 0.1) is 49.8 Å². The van der Waals surface area contributed by atoms with E-state index in [9.17, 15) is 19.2 Å². The highest BCUT2D eigenvalue weighted by Crippen LogP contribution is 2.51. The SMILES string of the molecule is CCCN(CC(=O)N(CC(N)=O)CC1CN(CCCNC(=O)CCCOC2C(C(C)(C)C)CC(C3NC4CCC(N5CCN(C)CC5)CC4N3)CC2C(C)(C)C)NN1)C(=O)CCCOC1CCCC(C2NC3CCC(C4NC5CCC(N6CCN(C)CC6)CC5N4)CC3N2)C1. The predicted molar refractivity (Wildman–Crippen MR) is 374 cm³/mol. The number of nitrogens with two attached hydrogens (primary N) is 1. The van der Waals surface area contributed by atoms with Crippen LogP contribution in [0.25, 0.3) is 0 Å². The molecule has 0 aromatic carbocycles. The summed E-state index contributed by atoms with van der Waals surface area (Å²) in [6.45, 7) is 29.1. The number of carbonyl (C=O) groups excluding carboxylic acids is 4. The van der Waals surface area contributed by atoms with E-state index in [0.717, 1.165) is 44.6 Å². The Labute approximate surface area is 572 Å². The molecule has 23 nitrogen and oxygen atoms in total. The van der Waals surface area contributed by atoms with Crippen molar-refractivity contribution < 1.29 is 28.7 Å². The topological polar surface area (TPSA) is 244 Å². The normalized spacial score (nSPS) is 37.2. The van der Waals surface area contributed by atoms with Crippen LogP contribution in [0.4, 0.5) is 0 Å². The molecule has 11 N–H and O–H groups in total. The third-order valence-corrected chi connectivity index (χ3v) is 25.1. The smallest absolute Gasteiger partial charge is 0.242 e. The molecule has 542 valence electrons. The molecule has 11 rings (SSSR count). The van der Waals surface area contributed by atoms with E-state index in [0.29, 0.717) is 162 Å². The molecule has 6 saturated heterocycles. The van der Waals surface area contributed by atoms with Gasteiger partial charge in [-0.3, -0.25) is 60.9 Å². The summed E-state index contributed by atoms with van der Waals surface area (Å²) in [5.74, 6) is 1.56. The number of carbonyl (C=O) groups is 4. The lowest BCUT2D eigenvalue weighted by molar-refractivity contribution is -0.142. The summed E-state index contributed by atoms with van der Waals surface area (Å²) in [6.07, 6.45) is 22.8. The summed E-state index contributed by atoms with van der Waals surface area (Å²) in [4.78, 5) is 66.8. The molecule has 0 aromatic rings. The Hall–Kier alpha value is -2.72. The fourth-order valence-corrected chi connectivity index (χ4v) is 19.5. The second-order valence-corrected chi connectivity index (χ2v) is 34.1. The molecule has 6 aliphatic heterocycles. The van der Waals surface area contributed by atoms with E-state index < -0.39 is 5.91 Å². The summed E-state index contributed by atoms with van der Waals surface area (Å²) in [6, 6.07) is 4.54. The zero-order chi connectivity index (χ0) is 67.0. The molecule has 11 aliphatic rings. The first-order chi connectivity index (χ1) is 45.6. The maximum Gasteiger partial charge on any atom is 0.242 e. The molecule has 0 aromatic heterocycles. The predicted octanol–water partition coefficient (Wildman–Crippen LogP) is 3.16. The second kappa shape index (κ2) is 33.8. The lowest BCUT2D eigenvalue weighted by Crippen LogP contribution is -2.54. The fourth-order valence-electron chi connectivity index (χ4n) is 19.5. The van der Waals surface area contributed by atoms with Crippen LogP contribution in [0, 0.1) is 40.4 Å². The summed E-state index contributed by atoms with van der Waals surface area (Å²) in [5, 5.41) is 29.8. The van der Waals surface area contributed by atoms with Gasteiger partial charge >= 0.3 is 0 Å². The molecule has 4 amide bonds. The minimum Gasteiger partial charge on any atom is -0.378 e. The summed E-state index contributed by atoms with van der Waals surface area (Å²) in [7, 11) is 4.50. The van der Waals surface area contributed by atoms with Gasteiger partial charge in [-0.25, -0.2) is 10.4 Å². The van der Waals surface area contributed by atoms with Gasteiger partial charge in [-0.2, -0.15) is 5.53 Å². The molecule has 0 bridgehead atoms. The third-order valence-electron chi connectivity index (χ3n) is 25.1. The number of hydrogen-bond acceptors (Lipinski definition) is 19. The van der Waals surface area contributed by atoms with Crippen LogP contribution in [0.5, 0.6) is 0 Å². The zero-order valence-corrected chi connectivity index (χ0v) is 60.5. The first-order valence-corrected chi connectivity index (χ1v) is 38.6. The van der Waals surface area contributed by atoms with E-state index in [-0.39, 0.29) is 66.4 Å². The van der Waals surface area contributed by atoms with E-state index in [1.54, 1.807) is 4.90 Å². The van der Waals surface area contributed by atoms with Crippen LogP contribution in [0.3, 0.4) is 0 Å². The Morgan fingerprint density at radius 2 is 1.09 bits per heavy atom. The van der Waals surface area contributed by atoms with E-state index in [2.05, 4.69) is 123 Å². The Morgan fingerprint density at radius 3 is 1.67 bits per heavy atom. The van der Waals surface area contributed by atoms with Gasteiger partial charge in [-0.1, -0.05) is 54.9 Å². The number of nitrogens with one attached hydrogen (secondary N) is 9. The van der Waals surface area contributed by atoms with Crippen molar-refractivity contribution in [1.82, 2.24) is 82.6 Å². The molecule has 95 heavy (non-hydrogen) atoms. The standard InChI is InChI=1S/C72H133N17O6/c1-10-26-87(65(92)18-13-36-94-54-16-11-15-48(38-54)68-75-57-22-19-49(41-60(57)78-68)69-76-58-23-20-52(42-61(58)79-69)85-32-28-83(8)29-33-85)47-66(93)88(46-63(73)90)44-51-45-89(82-81-51)27-14-25-74-64(91)17-12-37-95-67-55(71(2,3)4)39-50(40-56(67)72(5,6)7)70-77-59-24-21-53(43-62(59)80-70)86-34-30-84(9)31-35-86/h48-62,67-70,75-82H,10-47H2,1-9H3,(H2,73,90)(H,74,91). The highest BCUT2D eigenvalue weighted by molar-refractivity contribution is 5.88. The molecule has 17 atom stereocenters. The Balaban J connectivity index is 0.548. The second-order valence-electron chi connectivity index (χ2n) is 34.1. The minimum absolute atomic E-state index is 0.0382. The number of fused-ring (bicyclic) bond motifs is 3. The van der Waals surface area contributed by atoms with Crippen LogP contribution >= 0.6 is 0 Å². The van der Waals surface area contributed by atoms with Crippen molar-refractivity contribution in [3.63, 3.8) is 0 Å².